The van der Waals surface area contributed by atoms with Gasteiger partial charge in [0.1, 0.15) is 0 Å². The maximum absolute atomic E-state index is 6.77. The molecule has 0 aromatic heterocycles. The van der Waals surface area contributed by atoms with E-state index in [1.807, 2.05) is 17.8 Å². The molecule has 0 radical (unpaired) electrons. The summed E-state index contributed by atoms with van der Waals surface area (Å²) in [5.41, 5.74) is 7.28. The number of benzene rings is 4. The molecule has 1 unspecified atom stereocenters. The summed E-state index contributed by atoms with van der Waals surface area (Å²) in [5.74, 6) is 0. The molecule has 1 aliphatic heterocycles. The van der Waals surface area contributed by atoms with Crippen LogP contribution in [-0.2, 0) is 5.41 Å². The zero-order valence-electron chi connectivity index (χ0n) is 14.7. The molecule has 0 fully saturated rings. The van der Waals surface area contributed by atoms with Gasteiger partial charge in [-0.05, 0) is 61.9 Å². The van der Waals surface area contributed by atoms with Gasteiger partial charge in [-0.1, -0.05) is 90.1 Å². The molecule has 28 heavy (non-hydrogen) atoms. The Balaban J connectivity index is 1.88. The highest BCUT2D eigenvalue weighted by Gasteiger charge is 2.50. The van der Waals surface area contributed by atoms with E-state index in [-0.39, 0.29) is 5.41 Å². The molecule has 0 nitrogen and oxygen atoms in total. The van der Waals surface area contributed by atoms with E-state index in [1.165, 1.54) is 37.6 Å². The fraction of sp³-hybridized carbons (Fsp3) is 0.0400. The van der Waals surface area contributed by atoms with Crippen molar-refractivity contribution in [3.63, 3.8) is 0 Å². The first-order valence-corrected chi connectivity index (χ1v) is 11.2. The summed E-state index contributed by atoms with van der Waals surface area (Å²) >= 11 is 12.4. The normalized spacial score (nSPS) is 18.4. The third-order valence-electron chi connectivity index (χ3n) is 5.89. The van der Waals surface area contributed by atoms with Crippen LogP contribution in [0.1, 0.15) is 22.3 Å². The highest BCUT2D eigenvalue weighted by atomic mass is 79.9. The molecule has 2 aliphatic rings. The average Bonchev–Trinajstić information content (AvgIpc) is 3.02. The molecule has 0 N–H and O–H groups in total. The first-order chi connectivity index (χ1) is 13.7. The van der Waals surface area contributed by atoms with E-state index in [1.54, 1.807) is 0 Å². The third-order valence-corrected chi connectivity index (χ3v) is 8.35. The van der Waals surface area contributed by atoms with E-state index < -0.39 is 0 Å². The largest absolute Gasteiger partial charge is 0.0882 e. The minimum absolute atomic E-state index is 0.349. The van der Waals surface area contributed by atoms with E-state index >= 15 is 0 Å². The smallest absolute Gasteiger partial charge is 0.0736 e. The quantitative estimate of drug-likeness (QED) is 0.221. The van der Waals surface area contributed by atoms with Crippen LogP contribution in [0, 0.1) is 0 Å². The summed E-state index contributed by atoms with van der Waals surface area (Å²) in [6, 6.07) is 30.4. The first kappa shape index (κ1) is 16.9. The van der Waals surface area contributed by atoms with Crippen LogP contribution in [-0.4, -0.2) is 0 Å². The van der Waals surface area contributed by atoms with Crippen molar-refractivity contribution in [1.82, 2.24) is 0 Å². The molecule has 3 heteroatoms. The predicted octanol–water partition coefficient (Wildman–Crippen LogP) is 7.93. The van der Waals surface area contributed by atoms with Crippen molar-refractivity contribution in [3.8, 4) is 11.1 Å². The van der Waals surface area contributed by atoms with Gasteiger partial charge in [-0.3, -0.25) is 0 Å². The van der Waals surface area contributed by atoms with Gasteiger partial charge in [0, 0.05) is 24.8 Å². The predicted molar refractivity (Wildman–Crippen MR) is 121 cm³/mol. The van der Waals surface area contributed by atoms with Crippen LogP contribution in [0.5, 0.6) is 0 Å². The Morgan fingerprint density at radius 1 is 0.679 bits per heavy atom. The molecule has 1 atom stereocenters. The van der Waals surface area contributed by atoms with E-state index in [2.05, 4.69) is 94.8 Å². The van der Waals surface area contributed by atoms with Gasteiger partial charge in [0.05, 0.1) is 5.41 Å². The van der Waals surface area contributed by atoms with Gasteiger partial charge in [0.2, 0.25) is 0 Å². The van der Waals surface area contributed by atoms with E-state index in [0.29, 0.717) is 0 Å². The fourth-order valence-electron chi connectivity index (χ4n) is 4.89. The Bertz CT molecular complexity index is 1280. The first-order valence-electron chi connectivity index (χ1n) is 9.18. The third kappa shape index (κ3) is 1.98. The molecule has 4 aromatic rings. The summed E-state index contributed by atoms with van der Waals surface area (Å²) in [7, 11) is 0. The molecule has 0 saturated heterocycles. The van der Waals surface area contributed by atoms with Gasteiger partial charge >= 0.3 is 0 Å². The van der Waals surface area contributed by atoms with Crippen molar-refractivity contribution in [2.75, 3.05) is 0 Å². The molecular weight excluding hydrogens is 448 g/mol. The lowest BCUT2D eigenvalue weighted by Gasteiger charge is -2.40. The second-order valence-corrected chi connectivity index (χ2v) is 9.49. The van der Waals surface area contributed by atoms with Gasteiger partial charge in [-0.2, -0.15) is 0 Å². The summed E-state index contributed by atoms with van der Waals surface area (Å²) in [5, 5.41) is 0.814. The number of fused-ring (bicyclic) bond motifs is 9. The molecule has 1 aliphatic carbocycles. The number of halogens is 2. The lowest BCUT2D eigenvalue weighted by Crippen LogP contribution is -2.32. The molecule has 6 rings (SSSR count). The fourth-order valence-corrected chi connectivity index (χ4v) is 6.97. The van der Waals surface area contributed by atoms with Gasteiger partial charge in [0.15, 0.2) is 0 Å². The Labute approximate surface area is 181 Å². The zero-order valence-corrected chi connectivity index (χ0v) is 17.9. The summed E-state index contributed by atoms with van der Waals surface area (Å²) < 4.78 is 1.14. The van der Waals surface area contributed by atoms with Gasteiger partial charge < -0.3 is 0 Å². The van der Waals surface area contributed by atoms with Crippen molar-refractivity contribution in [3.05, 3.63) is 117 Å². The topological polar surface area (TPSA) is 0 Å². The maximum Gasteiger partial charge on any atom is 0.0736 e. The molecule has 1 spiro atoms. The molecular formula is C25H14BrClS. The van der Waals surface area contributed by atoms with E-state index in [4.69, 9.17) is 11.6 Å². The van der Waals surface area contributed by atoms with Crippen LogP contribution < -0.4 is 0 Å². The Morgan fingerprint density at radius 3 is 2.25 bits per heavy atom. The van der Waals surface area contributed by atoms with Crippen LogP contribution >= 0.6 is 39.3 Å². The van der Waals surface area contributed by atoms with Crippen LogP contribution in [0.3, 0.4) is 0 Å². The lowest BCUT2D eigenvalue weighted by molar-refractivity contribution is 0.720. The van der Waals surface area contributed by atoms with Gasteiger partial charge in [-0.15, -0.1) is 0 Å². The van der Waals surface area contributed by atoms with Gasteiger partial charge in [-0.25, -0.2) is 0 Å². The van der Waals surface area contributed by atoms with Crippen molar-refractivity contribution in [2.45, 2.75) is 15.2 Å². The summed E-state index contributed by atoms with van der Waals surface area (Å²) in [4.78, 5) is 2.58. The number of hydrogen-bond donors (Lipinski definition) is 0. The Morgan fingerprint density at radius 2 is 1.36 bits per heavy atom. The van der Waals surface area contributed by atoms with Gasteiger partial charge in [0.25, 0.3) is 0 Å². The Hall–Kier alpha value is -2.00. The minimum Gasteiger partial charge on any atom is -0.0882 e. The monoisotopic (exact) mass is 460 g/mol. The Kier molecular flexibility index (Phi) is 3.62. The highest BCUT2D eigenvalue weighted by molar-refractivity contribution is 9.10. The standard InChI is InChI=1S/C25H14BrClS/c26-20-12-5-11-19-24(20)28-22-14-4-3-9-17(22)25(19)16-8-2-1-7-15(16)23-18(25)10-6-13-21(23)27/h1-14H. The minimum atomic E-state index is -0.349. The highest BCUT2D eigenvalue weighted by Crippen LogP contribution is 2.63. The number of rotatable bonds is 0. The molecule has 4 aromatic carbocycles. The molecule has 0 amide bonds. The molecule has 0 bridgehead atoms. The van der Waals surface area contributed by atoms with E-state index in [0.717, 1.165) is 15.1 Å². The van der Waals surface area contributed by atoms with Crippen LogP contribution in [0.4, 0.5) is 0 Å². The van der Waals surface area contributed by atoms with Crippen molar-refractivity contribution < 1.29 is 0 Å². The van der Waals surface area contributed by atoms with Crippen molar-refractivity contribution in [1.29, 1.82) is 0 Å². The van der Waals surface area contributed by atoms with Crippen LogP contribution in [0.2, 0.25) is 5.02 Å². The maximum atomic E-state index is 6.77. The number of hydrogen-bond acceptors (Lipinski definition) is 1. The van der Waals surface area contributed by atoms with Crippen LogP contribution in [0.15, 0.2) is 99.2 Å². The molecule has 1 heterocycles. The summed E-state index contributed by atoms with van der Waals surface area (Å²) in [6.45, 7) is 0. The average molecular weight is 462 g/mol. The molecule has 0 saturated carbocycles. The molecule has 134 valence electrons. The van der Waals surface area contributed by atoms with E-state index in [9.17, 15) is 0 Å². The van der Waals surface area contributed by atoms with Crippen LogP contribution in [0.25, 0.3) is 11.1 Å². The SMILES string of the molecule is Clc1cccc2c1-c1ccccc1C21c2ccccc2Sc2c(Br)cccc21. The van der Waals surface area contributed by atoms with Crippen molar-refractivity contribution >= 4 is 39.3 Å². The van der Waals surface area contributed by atoms with Crippen molar-refractivity contribution in [2.24, 2.45) is 0 Å². The second-order valence-electron chi connectivity index (χ2n) is 7.17. The lowest BCUT2D eigenvalue weighted by atomic mass is 9.67. The zero-order chi connectivity index (χ0) is 18.9. The summed E-state index contributed by atoms with van der Waals surface area (Å²) in [6.07, 6.45) is 0. The second kappa shape index (κ2) is 6.00.